The molecular weight excluding hydrogens is 525 g/mol. The first-order chi connectivity index (χ1) is 20.4. The first kappa shape index (κ1) is 34.2. The molecule has 0 bridgehead atoms. The molecule has 0 aliphatic rings. The van der Waals surface area contributed by atoms with Gasteiger partial charge in [0.2, 0.25) is 0 Å². The zero-order chi connectivity index (χ0) is 30.0. The van der Waals surface area contributed by atoms with E-state index in [4.69, 9.17) is 9.97 Å². The number of rotatable bonds is 21. The number of unbranched alkanes of at least 4 members (excludes halogenated alkanes) is 12. The molecule has 230 valence electrons. The third-order valence-corrected chi connectivity index (χ3v) is 14.3. The van der Waals surface area contributed by atoms with Crippen molar-refractivity contribution in [3.8, 4) is 22.5 Å². The van der Waals surface area contributed by atoms with Gasteiger partial charge in [0.25, 0.3) is 0 Å². The average molecular weight is 585 g/mol. The van der Waals surface area contributed by atoms with Crippen LogP contribution in [0.25, 0.3) is 22.5 Å². The van der Waals surface area contributed by atoms with Crippen LogP contribution < -0.4 is 0 Å². The molecular formula is C39H60N2Si. The summed E-state index contributed by atoms with van der Waals surface area (Å²) < 4.78 is 0. The maximum atomic E-state index is 4.69. The lowest BCUT2D eigenvalue weighted by Gasteiger charge is -2.26. The van der Waals surface area contributed by atoms with E-state index in [1.807, 2.05) is 12.4 Å². The van der Waals surface area contributed by atoms with Gasteiger partial charge in [-0.1, -0.05) is 171 Å². The number of hydrogen-bond donors (Lipinski definition) is 0. The monoisotopic (exact) mass is 584 g/mol. The second-order valence-corrected chi connectivity index (χ2v) is 19.3. The second-order valence-electron chi connectivity index (χ2n) is 13.7. The summed E-state index contributed by atoms with van der Waals surface area (Å²) in [6, 6.07) is 19.3. The molecule has 0 spiro atoms. The van der Waals surface area contributed by atoms with Gasteiger partial charge in [-0.2, -0.15) is 0 Å². The van der Waals surface area contributed by atoms with Crippen LogP contribution in [0.3, 0.4) is 0 Å². The molecule has 0 atom stereocenters. The van der Waals surface area contributed by atoms with Gasteiger partial charge in [0, 0.05) is 26.0 Å². The Hall–Kier alpha value is -2.26. The highest BCUT2D eigenvalue weighted by molar-refractivity contribution is 6.78. The van der Waals surface area contributed by atoms with Gasteiger partial charge in [0.15, 0.2) is 5.82 Å². The van der Waals surface area contributed by atoms with Crippen molar-refractivity contribution in [1.82, 2.24) is 9.97 Å². The lowest BCUT2D eigenvalue weighted by molar-refractivity contribution is 0.573. The van der Waals surface area contributed by atoms with Crippen LogP contribution in [0.1, 0.15) is 122 Å². The Morgan fingerprint density at radius 3 is 1.48 bits per heavy atom. The minimum Gasteiger partial charge on any atom is -0.236 e. The highest BCUT2D eigenvalue weighted by Crippen LogP contribution is 2.27. The Morgan fingerprint density at radius 2 is 0.952 bits per heavy atom. The maximum Gasteiger partial charge on any atom is 0.159 e. The predicted octanol–water partition coefficient (Wildman–Crippen LogP) is 12.5. The van der Waals surface area contributed by atoms with Gasteiger partial charge in [-0.25, -0.2) is 9.97 Å². The van der Waals surface area contributed by atoms with Gasteiger partial charge in [-0.3, -0.25) is 0 Å². The Labute approximate surface area is 260 Å². The second kappa shape index (κ2) is 19.1. The molecule has 0 radical (unpaired) electrons. The summed E-state index contributed by atoms with van der Waals surface area (Å²) in [5.41, 5.74) is 7.23. The molecule has 0 saturated heterocycles. The van der Waals surface area contributed by atoms with Crippen molar-refractivity contribution in [3.05, 3.63) is 72.1 Å². The molecule has 1 aromatic heterocycles. The highest BCUT2D eigenvalue weighted by atomic mass is 28.3. The summed E-state index contributed by atoms with van der Waals surface area (Å²) in [6.45, 7) is 12.2. The van der Waals surface area contributed by atoms with Gasteiger partial charge < -0.3 is 0 Å². The highest BCUT2D eigenvalue weighted by Gasteiger charge is 2.23. The summed E-state index contributed by atoms with van der Waals surface area (Å²) in [4.78, 5) is 9.38. The molecule has 0 saturated carbocycles. The van der Waals surface area contributed by atoms with E-state index in [0.29, 0.717) is 0 Å². The Morgan fingerprint density at radius 1 is 0.524 bits per heavy atom. The molecule has 2 aromatic carbocycles. The molecule has 0 aliphatic carbocycles. The van der Waals surface area contributed by atoms with Crippen LogP contribution >= 0.6 is 0 Å². The van der Waals surface area contributed by atoms with E-state index in [1.54, 1.807) is 0 Å². The van der Waals surface area contributed by atoms with E-state index in [9.17, 15) is 0 Å². The van der Waals surface area contributed by atoms with Crippen molar-refractivity contribution in [1.29, 1.82) is 0 Å². The normalized spacial score (nSPS) is 11.9. The summed E-state index contributed by atoms with van der Waals surface area (Å²) in [6.07, 6.45) is 25.5. The first-order valence-electron chi connectivity index (χ1n) is 17.4. The zero-order valence-corrected chi connectivity index (χ0v) is 28.8. The van der Waals surface area contributed by atoms with Crippen LogP contribution in [-0.2, 0) is 12.8 Å². The summed E-state index contributed by atoms with van der Waals surface area (Å²) in [5, 5.41) is 0. The fraction of sp³-hybridized carbons (Fsp3) is 0.590. The van der Waals surface area contributed by atoms with Crippen molar-refractivity contribution in [2.75, 3.05) is 0 Å². The van der Waals surface area contributed by atoms with E-state index in [-0.39, 0.29) is 0 Å². The average Bonchev–Trinajstić information content (AvgIpc) is 3.00. The topological polar surface area (TPSA) is 25.8 Å². The van der Waals surface area contributed by atoms with E-state index < -0.39 is 8.07 Å². The maximum absolute atomic E-state index is 4.69. The van der Waals surface area contributed by atoms with Gasteiger partial charge in [0.1, 0.15) is 0 Å². The molecule has 42 heavy (non-hydrogen) atoms. The quantitative estimate of drug-likeness (QED) is 0.0919. The van der Waals surface area contributed by atoms with E-state index in [1.165, 1.54) is 125 Å². The van der Waals surface area contributed by atoms with Crippen LogP contribution in [0.4, 0.5) is 0 Å². The largest absolute Gasteiger partial charge is 0.236 e. The van der Waals surface area contributed by atoms with Crippen molar-refractivity contribution < 1.29 is 0 Å². The van der Waals surface area contributed by atoms with Crippen molar-refractivity contribution >= 4 is 8.07 Å². The van der Waals surface area contributed by atoms with Crippen molar-refractivity contribution in [2.24, 2.45) is 0 Å². The van der Waals surface area contributed by atoms with E-state index >= 15 is 0 Å². The number of nitrogens with zero attached hydrogens (tertiary/aromatic N) is 2. The van der Waals surface area contributed by atoms with Crippen LogP contribution in [0.5, 0.6) is 0 Å². The lowest BCUT2D eigenvalue weighted by atomic mass is 10.00. The SMILES string of the molecule is CCCCCCCCc1ccc(-c2ccc(-c3ncc(CCCCCCCCCC[Si](C)(C)C(C)C)cn3)cc2)cc1. The van der Waals surface area contributed by atoms with Crippen LogP contribution in [0.2, 0.25) is 24.7 Å². The molecule has 0 fully saturated rings. The van der Waals surface area contributed by atoms with E-state index in [0.717, 1.165) is 23.3 Å². The molecule has 0 aliphatic heterocycles. The minimum atomic E-state index is -0.956. The predicted molar refractivity (Wildman–Crippen MR) is 188 cm³/mol. The Balaban J connectivity index is 1.31. The van der Waals surface area contributed by atoms with E-state index in [2.05, 4.69) is 82.4 Å². The standard InChI is InChI=1S/C39H60N2Si/c1-6-7-8-9-14-17-20-34-22-24-36(25-23-34)37-26-28-38(29-27-37)39-40-31-35(32-41-39)21-18-15-12-10-11-13-16-19-30-42(4,5)33(2)3/h22-29,31-33H,6-21,30H2,1-5H3. The Bertz CT molecular complexity index is 1100. The molecule has 3 heteroatoms. The lowest BCUT2D eigenvalue weighted by Crippen LogP contribution is -2.28. The van der Waals surface area contributed by atoms with Gasteiger partial charge in [-0.05, 0) is 47.9 Å². The van der Waals surface area contributed by atoms with Crippen LogP contribution in [0.15, 0.2) is 60.9 Å². The van der Waals surface area contributed by atoms with Crippen molar-refractivity contribution in [2.45, 2.75) is 148 Å². The number of benzene rings is 2. The number of aryl methyl sites for hydroxylation is 2. The van der Waals surface area contributed by atoms with Gasteiger partial charge in [-0.15, -0.1) is 0 Å². The fourth-order valence-electron chi connectivity index (χ4n) is 5.68. The van der Waals surface area contributed by atoms with Crippen LogP contribution in [0, 0.1) is 0 Å². The molecule has 1 heterocycles. The smallest absolute Gasteiger partial charge is 0.159 e. The summed E-state index contributed by atoms with van der Waals surface area (Å²) in [7, 11) is -0.956. The fourth-order valence-corrected chi connectivity index (χ4v) is 7.42. The minimum absolute atomic E-state index is 0.819. The zero-order valence-electron chi connectivity index (χ0n) is 27.8. The third-order valence-electron chi connectivity index (χ3n) is 9.55. The van der Waals surface area contributed by atoms with Gasteiger partial charge >= 0.3 is 0 Å². The Kier molecular flexibility index (Phi) is 15.6. The molecule has 3 rings (SSSR count). The van der Waals surface area contributed by atoms with Crippen LogP contribution in [-0.4, -0.2) is 18.0 Å². The summed E-state index contributed by atoms with van der Waals surface area (Å²) in [5.74, 6) is 0.819. The molecule has 2 nitrogen and oxygen atoms in total. The van der Waals surface area contributed by atoms with Gasteiger partial charge in [0.05, 0.1) is 0 Å². The molecule has 3 aromatic rings. The third kappa shape index (κ3) is 12.5. The molecule has 0 amide bonds. The molecule has 0 N–H and O–H groups in total. The summed E-state index contributed by atoms with van der Waals surface area (Å²) >= 11 is 0. The van der Waals surface area contributed by atoms with Crippen molar-refractivity contribution in [3.63, 3.8) is 0 Å². The first-order valence-corrected chi connectivity index (χ1v) is 20.7. The number of hydrogen-bond acceptors (Lipinski definition) is 2. The number of aromatic nitrogens is 2. The molecule has 0 unspecified atom stereocenters.